The number of carbonyl (C=O) groups excluding carboxylic acids is 4. The number of ether oxygens (including phenoxy) is 5. The van der Waals surface area contributed by atoms with Crippen LogP contribution in [-0.4, -0.2) is 58.9 Å². The van der Waals surface area contributed by atoms with Crippen molar-refractivity contribution in [3.8, 4) is 11.5 Å². The second-order valence-corrected chi connectivity index (χ2v) is 5.91. The molecule has 0 aliphatic carbocycles. The highest BCUT2D eigenvalue weighted by Crippen LogP contribution is 2.31. The number of esters is 3. The molecule has 1 amide bonds. The van der Waals surface area contributed by atoms with Gasteiger partial charge < -0.3 is 29.0 Å². The van der Waals surface area contributed by atoms with E-state index in [1.807, 2.05) is 0 Å². The molecule has 0 spiro atoms. The molecule has 10 nitrogen and oxygen atoms in total. The Morgan fingerprint density at radius 1 is 0.806 bits per heavy atom. The summed E-state index contributed by atoms with van der Waals surface area (Å²) in [5, 5.41) is 2.42. The molecule has 2 aromatic rings. The van der Waals surface area contributed by atoms with Crippen molar-refractivity contribution < 1.29 is 42.9 Å². The minimum absolute atomic E-state index is 0.00398. The lowest BCUT2D eigenvalue weighted by Gasteiger charge is -2.13. The summed E-state index contributed by atoms with van der Waals surface area (Å²) in [6, 6.07) is 8.53. The largest absolute Gasteiger partial charge is 0.493 e. The Kier molecular flexibility index (Phi) is 7.95. The van der Waals surface area contributed by atoms with Crippen molar-refractivity contribution in [1.82, 2.24) is 0 Å². The molecule has 0 radical (unpaired) electrons. The Bertz CT molecular complexity index is 1000. The highest BCUT2D eigenvalue weighted by atomic mass is 16.5. The fraction of sp³-hybridized carbons (Fsp3) is 0.238. The Morgan fingerprint density at radius 2 is 1.52 bits per heavy atom. The van der Waals surface area contributed by atoms with E-state index in [9.17, 15) is 19.2 Å². The lowest BCUT2D eigenvalue weighted by atomic mass is 10.1. The number of nitrogens with one attached hydrogen (secondary N) is 1. The first-order valence-corrected chi connectivity index (χ1v) is 8.84. The van der Waals surface area contributed by atoms with Crippen LogP contribution < -0.4 is 14.8 Å². The third-order valence-corrected chi connectivity index (χ3v) is 4.08. The molecule has 0 atom stereocenters. The first-order chi connectivity index (χ1) is 14.9. The number of benzene rings is 2. The lowest BCUT2D eigenvalue weighted by Crippen LogP contribution is -2.23. The van der Waals surface area contributed by atoms with Gasteiger partial charge in [0.05, 0.1) is 45.3 Å². The van der Waals surface area contributed by atoms with Gasteiger partial charge in [0, 0.05) is 0 Å². The van der Waals surface area contributed by atoms with Crippen molar-refractivity contribution in [3.05, 3.63) is 53.1 Å². The molecule has 0 heterocycles. The average Bonchev–Trinajstić information content (AvgIpc) is 2.80. The first-order valence-electron chi connectivity index (χ1n) is 8.84. The topological polar surface area (TPSA) is 126 Å². The maximum atomic E-state index is 12.4. The van der Waals surface area contributed by atoms with Crippen LogP contribution in [0.2, 0.25) is 0 Å². The maximum absolute atomic E-state index is 12.4. The molecule has 164 valence electrons. The van der Waals surface area contributed by atoms with E-state index >= 15 is 0 Å². The Labute approximate surface area is 178 Å². The van der Waals surface area contributed by atoms with E-state index in [4.69, 9.17) is 14.2 Å². The van der Waals surface area contributed by atoms with Gasteiger partial charge >= 0.3 is 17.9 Å². The predicted molar refractivity (Wildman–Crippen MR) is 108 cm³/mol. The van der Waals surface area contributed by atoms with Gasteiger partial charge in [-0.15, -0.1) is 0 Å². The van der Waals surface area contributed by atoms with Gasteiger partial charge in [-0.25, -0.2) is 14.4 Å². The molecule has 0 aromatic heterocycles. The van der Waals surface area contributed by atoms with Crippen LogP contribution in [0, 0.1) is 0 Å². The van der Waals surface area contributed by atoms with Gasteiger partial charge in [-0.1, -0.05) is 6.07 Å². The number of carbonyl (C=O) groups is 4. The smallest absolute Gasteiger partial charge is 0.342 e. The summed E-state index contributed by atoms with van der Waals surface area (Å²) < 4.78 is 24.6. The van der Waals surface area contributed by atoms with E-state index in [0.29, 0.717) is 5.75 Å². The highest BCUT2D eigenvalue weighted by Gasteiger charge is 2.20. The van der Waals surface area contributed by atoms with Gasteiger partial charge in [0.2, 0.25) is 0 Å². The molecule has 2 aromatic carbocycles. The Hall–Kier alpha value is -4.08. The summed E-state index contributed by atoms with van der Waals surface area (Å²) in [5.41, 5.74) is 0.167. The zero-order valence-electron chi connectivity index (χ0n) is 17.3. The second-order valence-electron chi connectivity index (χ2n) is 5.91. The summed E-state index contributed by atoms with van der Waals surface area (Å²) in [6.07, 6.45) is 0. The fourth-order valence-corrected chi connectivity index (χ4v) is 2.62. The van der Waals surface area contributed by atoms with Crippen LogP contribution in [0.1, 0.15) is 31.1 Å². The number of amides is 1. The van der Waals surface area contributed by atoms with E-state index < -0.39 is 30.4 Å². The van der Waals surface area contributed by atoms with Crippen molar-refractivity contribution in [2.45, 2.75) is 0 Å². The molecular weight excluding hydrogens is 410 g/mol. The lowest BCUT2D eigenvalue weighted by molar-refractivity contribution is -0.119. The predicted octanol–water partition coefficient (Wildman–Crippen LogP) is 2.07. The third kappa shape index (κ3) is 5.50. The van der Waals surface area contributed by atoms with Gasteiger partial charge in [-0.3, -0.25) is 4.79 Å². The SMILES string of the molecule is COC(=O)c1ccc(C(=O)OC)c(NC(=O)COC(=O)c2cccc(OC)c2OC)c1. The zero-order chi connectivity index (χ0) is 23.0. The molecule has 31 heavy (non-hydrogen) atoms. The number of para-hydroxylation sites is 1. The van der Waals surface area contributed by atoms with Gasteiger partial charge in [-0.2, -0.15) is 0 Å². The normalized spacial score (nSPS) is 9.94. The summed E-state index contributed by atoms with van der Waals surface area (Å²) >= 11 is 0. The molecule has 0 fully saturated rings. The second kappa shape index (κ2) is 10.6. The molecule has 0 saturated heterocycles. The molecule has 0 saturated carbocycles. The van der Waals surface area contributed by atoms with Crippen LogP contribution >= 0.6 is 0 Å². The van der Waals surface area contributed by atoms with Crippen LogP contribution in [0.4, 0.5) is 5.69 Å². The summed E-state index contributed by atoms with van der Waals surface area (Å²) in [7, 11) is 5.15. The number of hydrogen-bond donors (Lipinski definition) is 1. The quantitative estimate of drug-likeness (QED) is 0.494. The summed E-state index contributed by atoms with van der Waals surface area (Å²) in [6.45, 7) is -0.664. The molecule has 0 unspecified atom stereocenters. The molecule has 1 N–H and O–H groups in total. The molecule has 2 rings (SSSR count). The van der Waals surface area contributed by atoms with Crippen LogP contribution in [0.5, 0.6) is 11.5 Å². The van der Waals surface area contributed by atoms with Gasteiger partial charge in [0.1, 0.15) is 5.56 Å². The Morgan fingerprint density at radius 3 is 2.13 bits per heavy atom. The van der Waals surface area contributed by atoms with E-state index in [2.05, 4.69) is 14.8 Å². The minimum atomic E-state index is -0.817. The minimum Gasteiger partial charge on any atom is -0.493 e. The van der Waals surface area contributed by atoms with Crippen molar-refractivity contribution >= 4 is 29.5 Å². The van der Waals surface area contributed by atoms with E-state index in [1.165, 1.54) is 52.7 Å². The van der Waals surface area contributed by atoms with Crippen molar-refractivity contribution in [2.24, 2.45) is 0 Å². The standard InChI is InChI=1S/C21H21NO9/c1-27-16-7-5-6-14(18(16)28-2)21(26)31-11-17(23)22-15-10-12(19(24)29-3)8-9-13(15)20(25)30-4/h5-10H,11H2,1-4H3,(H,22,23). The Balaban J connectivity index is 2.16. The summed E-state index contributed by atoms with van der Waals surface area (Å²) in [5.74, 6) is -2.48. The van der Waals surface area contributed by atoms with Gasteiger partial charge in [0.25, 0.3) is 5.91 Å². The molecule has 0 aliphatic rings. The van der Waals surface area contributed by atoms with Crippen LogP contribution in [0.3, 0.4) is 0 Å². The highest BCUT2D eigenvalue weighted by molar-refractivity contribution is 6.04. The summed E-state index contributed by atoms with van der Waals surface area (Å²) in [4.78, 5) is 48.4. The van der Waals surface area contributed by atoms with Crippen molar-refractivity contribution in [3.63, 3.8) is 0 Å². The monoisotopic (exact) mass is 431 g/mol. The van der Waals surface area contributed by atoms with E-state index in [1.54, 1.807) is 12.1 Å². The number of rotatable bonds is 8. The number of anilines is 1. The fourth-order valence-electron chi connectivity index (χ4n) is 2.62. The maximum Gasteiger partial charge on any atom is 0.342 e. The zero-order valence-corrected chi connectivity index (χ0v) is 17.3. The molecular formula is C21H21NO9. The van der Waals surface area contributed by atoms with E-state index in [0.717, 1.165) is 0 Å². The van der Waals surface area contributed by atoms with Crippen LogP contribution in [0.15, 0.2) is 36.4 Å². The molecule has 10 heteroatoms. The number of methoxy groups -OCH3 is 4. The van der Waals surface area contributed by atoms with Crippen LogP contribution in [-0.2, 0) is 19.0 Å². The van der Waals surface area contributed by atoms with Crippen molar-refractivity contribution in [1.29, 1.82) is 0 Å². The third-order valence-electron chi connectivity index (χ3n) is 4.08. The first kappa shape index (κ1) is 23.2. The molecule has 0 aliphatic heterocycles. The average molecular weight is 431 g/mol. The molecule has 0 bridgehead atoms. The van der Waals surface area contributed by atoms with Gasteiger partial charge in [0.15, 0.2) is 18.1 Å². The van der Waals surface area contributed by atoms with E-state index in [-0.39, 0.29) is 28.1 Å². The number of hydrogen-bond acceptors (Lipinski definition) is 9. The van der Waals surface area contributed by atoms with Gasteiger partial charge in [-0.05, 0) is 30.3 Å². The van der Waals surface area contributed by atoms with Crippen molar-refractivity contribution in [2.75, 3.05) is 40.4 Å². The van der Waals surface area contributed by atoms with Crippen LogP contribution in [0.25, 0.3) is 0 Å².